The van der Waals surface area contributed by atoms with E-state index in [0.717, 1.165) is 4.90 Å². The fourth-order valence-electron chi connectivity index (χ4n) is 2.66. The molecule has 0 aliphatic carbocycles. The number of amides is 3. The van der Waals surface area contributed by atoms with Crippen LogP contribution in [0.1, 0.15) is 23.0 Å². The zero-order valence-corrected chi connectivity index (χ0v) is 16.9. The first-order valence-electron chi connectivity index (χ1n) is 8.65. The third-order valence-corrected chi connectivity index (χ3v) is 5.86. The molecule has 1 aliphatic heterocycles. The van der Waals surface area contributed by atoms with E-state index in [1.807, 2.05) is 6.07 Å². The van der Waals surface area contributed by atoms with E-state index in [0.29, 0.717) is 45.9 Å². The quantitative estimate of drug-likeness (QED) is 0.574. The summed E-state index contributed by atoms with van der Waals surface area (Å²) in [6.45, 7) is 1.74. The lowest BCUT2D eigenvalue weighted by Crippen LogP contribution is -2.19. The van der Waals surface area contributed by atoms with Crippen molar-refractivity contribution in [2.24, 2.45) is 0 Å². The molecule has 0 fully saturated rings. The molecule has 0 saturated heterocycles. The van der Waals surface area contributed by atoms with E-state index in [2.05, 4.69) is 20.9 Å². The van der Waals surface area contributed by atoms with Gasteiger partial charge in [0.25, 0.3) is 5.91 Å². The van der Waals surface area contributed by atoms with Gasteiger partial charge < -0.3 is 15.1 Å². The van der Waals surface area contributed by atoms with Crippen LogP contribution < -0.4 is 16.0 Å². The monoisotopic (exact) mass is 428 g/mol. The number of hydrogen-bond acceptors (Lipinski definition) is 7. The molecule has 1 aliphatic rings. The molecule has 0 bridgehead atoms. The van der Waals surface area contributed by atoms with Gasteiger partial charge in [0, 0.05) is 22.8 Å². The second-order valence-corrected chi connectivity index (χ2v) is 8.09. The second-order valence-electron chi connectivity index (χ2n) is 6.22. The number of carbonyl (C=O) groups is 3. The van der Waals surface area contributed by atoms with Crippen molar-refractivity contribution in [3.05, 3.63) is 47.0 Å². The normalized spacial score (nSPS) is 12.8. The first kappa shape index (κ1) is 19.2. The van der Waals surface area contributed by atoms with Crippen molar-refractivity contribution in [2.45, 2.75) is 18.4 Å². The summed E-state index contributed by atoms with van der Waals surface area (Å²) in [4.78, 5) is 40.4. The minimum Gasteiger partial charge on any atom is -0.458 e. The van der Waals surface area contributed by atoms with E-state index in [1.165, 1.54) is 30.0 Å². The molecule has 3 N–H and O–H groups in total. The van der Waals surface area contributed by atoms with Crippen LogP contribution in [0.5, 0.6) is 0 Å². The standard InChI is InChI=1S/C19H16N4O4S2/c1-10(24)20-7-12-3-4-15(27-12)14-8-29-19(22-14)23-18(26)11-2-5-16-13(6-11)21-17(25)9-28-16/h2-6,8H,7,9H2,1H3,(H,20,24)(H,21,25)(H,22,23,26). The Morgan fingerprint density at radius 3 is 2.97 bits per heavy atom. The molecule has 3 aromatic rings. The number of nitrogens with one attached hydrogen (secondary N) is 3. The van der Waals surface area contributed by atoms with Gasteiger partial charge in [-0.1, -0.05) is 0 Å². The fourth-order valence-corrected chi connectivity index (χ4v) is 4.14. The molecule has 3 heterocycles. The summed E-state index contributed by atoms with van der Waals surface area (Å²) in [5, 5.41) is 10.4. The van der Waals surface area contributed by atoms with Gasteiger partial charge in [-0.3, -0.25) is 19.7 Å². The Morgan fingerprint density at radius 1 is 1.28 bits per heavy atom. The van der Waals surface area contributed by atoms with Crippen LogP contribution in [-0.4, -0.2) is 28.5 Å². The Morgan fingerprint density at radius 2 is 2.14 bits per heavy atom. The summed E-state index contributed by atoms with van der Waals surface area (Å²) in [6.07, 6.45) is 0. The topological polar surface area (TPSA) is 113 Å². The third kappa shape index (κ3) is 4.49. The van der Waals surface area contributed by atoms with Gasteiger partial charge >= 0.3 is 0 Å². The summed E-state index contributed by atoms with van der Waals surface area (Å²) in [5.74, 6) is 1.00. The lowest BCUT2D eigenvalue weighted by molar-refractivity contribution is -0.119. The Kier molecular flexibility index (Phi) is 5.36. The second kappa shape index (κ2) is 8.10. The van der Waals surface area contributed by atoms with Gasteiger partial charge in [0.05, 0.1) is 18.0 Å². The average molecular weight is 428 g/mol. The zero-order valence-electron chi connectivity index (χ0n) is 15.3. The van der Waals surface area contributed by atoms with Crippen LogP contribution in [0, 0.1) is 0 Å². The molecule has 10 heteroatoms. The largest absolute Gasteiger partial charge is 0.458 e. The van der Waals surface area contributed by atoms with E-state index in [4.69, 9.17) is 4.42 Å². The lowest BCUT2D eigenvalue weighted by Gasteiger charge is -2.16. The van der Waals surface area contributed by atoms with Gasteiger partial charge in [-0.25, -0.2) is 4.98 Å². The number of thioether (sulfide) groups is 1. The summed E-state index contributed by atoms with van der Waals surface area (Å²) in [6, 6.07) is 8.73. The van der Waals surface area contributed by atoms with Crippen molar-refractivity contribution in [1.29, 1.82) is 0 Å². The predicted molar refractivity (Wildman–Crippen MR) is 111 cm³/mol. The first-order valence-corrected chi connectivity index (χ1v) is 10.5. The maximum atomic E-state index is 12.6. The maximum absolute atomic E-state index is 12.6. The van der Waals surface area contributed by atoms with Crippen LogP contribution in [0.4, 0.5) is 10.8 Å². The number of fused-ring (bicyclic) bond motifs is 1. The Bertz CT molecular complexity index is 1110. The number of thiazole rings is 1. The molecule has 148 valence electrons. The van der Waals surface area contributed by atoms with Crippen molar-refractivity contribution < 1.29 is 18.8 Å². The molecular weight excluding hydrogens is 412 g/mol. The van der Waals surface area contributed by atoms with Crippen molar-refractivity contribution >= 4 is 51.6 Å². The Balaban J connectivity index is 1.44. The van der Waals surface area contributed by atoms with Crippen LogP contribution in [0.25, 0.3) is 11.5 Å². The minimum absolute atomic E-state index is 0.0825. The molecule has 0 spiro atoms. The highest BCUT2D eigenvalue weighted by atomic mass is 32.2. The Hall–Kier alpha value is -3.11. The first-order chi connectivity index (χ1) is 14.0. The highest BCUT2D eigenvalue weighted by Crippen LogP contribution is 2.32. The lowest BCUT2D eigenvalue weighted by atomic mass is 10.2. The molecular formula is C19H16N4O4S2. The molecule has 8 nitrogen and oxygen atoms in total. The molecule has 1 aromatic carbocycles. The highest BCUT2D eigenvalue weighted by molar-refractivity contribution is 8.00. The van der Waals surface area contributed by atoms with Gasteiger partial charge in [0.1, 0.15) is 11.5 Å². The molecule has 4 rings (SSSR count). The van der Waals surface area contributed by atoms with E-state index < -0.39 is 0 Å². The van der Waals surface area contributed by atoms with Crippen LogP contribution in [0.3, 0.4) is 0 Å². The Labute approximate surface area is 174 Å². The molecule has 0 radical (unpaired) electrons. The summed E-state index contributed by atoms with van der Waals surface area (Å²) in [5.41, 5.74) is 1.66. The summed E-state index contributed by atoms with van der Waals surface area (Å²) < 4.78 is 5.67. The maximum Gasteiger partial charge on any atom is 0.257 e. The van der Waals surface area contributed by atoms with Gasteiger partial charge in [-0.2, -0.15) is 0 Å². The molecule has 29 heavy (non-hydrogen) atoms. The van der Waals surface area contributed by atoms with Crippen molar-refractivity contribution in [1.82, 2.24) is 10.3 Å². The van der Waals surface area contributed by atoms with Gasteiger partial charge in [-0.05, 0) is 30.3 Å². The van der Waals surface area contributed by atoms with Gasteiger partial charge in [-0.15, -0.1) is 23.1 Å². The number of anilines is 2. The smallest absolute Gasteiger partial charge is 0.257 e. The SMILES string of the molecule is CC(=O)NCc1ccc(-c2csc(NC(=O)c3ccc4c(c3)NC(=O)CS4)n2)o1. The molecule has 3 amide bonds. The molecule has 0 saturated carbocycles. The number of hydrogen-bond donors (Lipinski definition) is 3. The summed E-state index contributed by atoms with van der Waals surface area (Å²) in [7, 11) is 0. The van der Waals surface area contributed by atoms with Crippen LogP contribution in [-0.2, 0) is 16.1 Å². The molecule has 0 atom stereocenters. The fraction of sp³-hybridized carbons (Fsp3) is 0.158. The van der Waals surface area contributed by atoms with Crippen LogP contribution in [0.15, 0.2) is 45.0 Å². The molecule has 0 unspecified atom stereocenters. The number of nitrogens with zero attached hydrogens (tertiary/aromatic N) is 1. The van der Waals surface area contributed by atoms with E-state index in [-0.39, 0.29) is 17.7 Å². The molecule has 2 aromatic heterocycles. The van der Waals surface area contributed by atoms with E-state index >= 15 is 0 Å². The number of carbonyl (C=O) groups excluding carboxylic acids is 3. The van der Waals surface area contributed by atoms with Crippen LogP contribution in [0.2, 0.25) is 0 Å². The minimum atomic E-state index is -0.315. The van der Waals surface area contributed by atoms with E-state index in [9.17, 15) is 14.4 Å². The van der Waals surface area contributed by atoms with Crippen molar-refractivity contribution in [3.63, 3.8) is 0 Å². The third-order valence-electron chi connectivity index (χ3n) is 4.02. The highest BCUT2D eigenvalue weighted by Gasteiger charge is 2.18. The summed E-state index contributed by atoms with van der Waals surface area (Å²) >= 11 is 2.72. The number of furan rings is 1. The van der Waals surface area contributed by atoms with Gasteiger partial charge in [0.15, 0.2) is 10.9 Å². The average Bonchev–Trinajstić information content (AvgIpc) is 3.35. The predicted octanol–water partition coefficient (Wildman–Crippen LogP) is 3.34. The van der Waals surface area contributed by atoms with Crippen molar-refractivity contribution in [3.8, 4) is 11.5 Å². The van der Waals surface area contributed by atoms with Crippen molar-refractivity contribution in [2.75, 3.05) is 16.4 Å². The van der Waals surface area contributed by atoms with E-state index in [1.54, 1.807) is 29.6 Å². The number of benzene rings is 1. The zero-order chi connectivity index (χ0) is 20.4. The number of aromatic nitrogens is 1. The van der Waals surface area contributed by atoms with Gasteiger partial charge in [0.2, 0.25) is 11.8 Å². The number of rotatable bonds is 5. The van der Waals surface area contributed by atoms with Crippen LogP contribution >= 0.6 is 23.1 Å².